The summed E-state index contributed by atoms with van der Waals surface area (Å²) in [4.78, 5) is 19.1. The number of rotatable bonds is 3. The van der Waals surface area contributed by atoms with Crippen LogP contribution in [0.4, 0.5) is 4.39 Å². The number of amides is 1. The summed E-state index contributed by atoms with van der Waals surface area (Å²) in [5, 5.41) is 2.68. The van der Waals surface area contributed by atoms with E-state index in [1.54, 1.807) is 12.4 Å². The standard InChI is InChI=1S/C11H11FN4O/c1-16-5-4-13-10(16)7-15-11(17)8-2-3-9(12)14-6-8/h2-6H,7H2,1H3,(H,15,17). The maximum Gasteiger partial charge on any atom is 0.253 e. The van der Waals surface area contributed by atoms with Crippen molar-refractivity contribution >= 4 is 5.91 Å². The zero-order valence-electron chi connectivity index (χ0n) is 9.22. The zero-order valence-corrected chi connectivity index (χ0v) is 9.22. The summed E-state index contributed by atoms with van der Waals surface area (Å²) in [7, 11) is 1.84. The molecule has 2 aromatic heterocycles. The molecule has 0 radical (unpaired) electrons. The van der Waals surface area contributed by atoms with Crippen molar-refractivity contribution < 1.29 is 9.18 Å². The Labute approximate surface area is 97.3 Å². The SMILES string of the molecule is Cn1ccnc1CNC(=O)c1ccc(F)nc1. The highest BCUT2D eigenvalue weighted by Gasteiger charge is 2.07. The van der Waals surface area contributed by atoms with E-state index in [1.165, 1.54) is 12.3 Å². The molecular weight excluding hydrogens is 223 g/mol. The average Bonchev–Trinajstić information content (AvgIpc) is 2.73. The maximum atomic E-state index is 12.6. The first kappa shape index (κ1) is 11.3. The van der Waals surface area contributed by atoms with Crippen LogP contribution < -0.4 is 5.32 Å². The minimum atomic E-state index is -0.606. The van der Waals surface area contributed by atoms with Gasteiger partial charge >= 0.3 is 0 Å². The predicted molar refractivity (Wildman–Crippen MR) is 58.6 cm³/mol. The van der Waals surface area contributed by atoms with Crippen molar-refractivity contribution in [2.75, 3.05) is 0 Å². The van der Waals surface area contributed by atoms with Crippen molar-refractivity contribution in [1.29, 1.82) is 0 Å². The van der Waals surface area contributed by atoms with Crippen molar-refractivity contribution in [2.24, 2.45) is 7.05 Å². The molecule has 0 aliphatic carbocycles. The Morgan fingerprint density at radius 3 is 2.88 bits per heavy atom. The van der Waals surface area contributed by atoms with Gasteiger partial charge in [0.2, 0.25) is 5.95 Å². The van der Waals surface area contributed by atoms with Crippen LogP contribution in [0.2, 0.25) is 0 Å². The Hall–Kier alpha value is -2.24. The summed E-state index contributed by atoms with van der Waals surface area (Å²) in [6.45, 7) is 0.319. The summed E-state index contributed by atoms with van der Waals surface area (Å²) in [5.41, 5.74) is 0.320. The highest BCUT2D eigenvalue weighted by Crippen LogP contribution is 2.00. The highest BCUT2D eigenvalue weighted by molar-refractivity contribution is 5.93. The third kappa shape index (κ3) is 2.66. The van der Waals surface area contributed by atoms with E-state index in [9.17, 15) is 9.18 Å². The van der Waals surface area contributed by atoms with E-state index in [-0.39, 0.29) is 5.91 Å². The first-order chi connectivity index (χ1) is 8.16. The predicted octanol–water partition coefficient (Wildman–Crippen LogP) is 0.884. The third-order valence-corrected chi connectivity index (χ3v) is 2.32. The fraction of sp³-hybridized carbons (Fsp3) is 0.182. The van der Waals surface area contributed by atoms with Crippen LogP contribution in [0.1, 0.15) is 16.2 Å². The summed E-state index contributed by atoms with van der Waals surface area (Å²) in [6.07, 6.45) is 4.64. The van der Waals surface area contributed by atoms with Gasteiger partial charge in [-0.25, -0.2) is 9.97 Å². The Balaban J connectivity index is 1.98. The number of aromatic nitrogens is 3. The molecule has 0 saturated heterocycles. The largest absolute Gasteiger partial charge is 0.345 e. The molecule has 0 atom stereocenters. The van der Waals surface area contributed by atoms with Crippen molar-refractivity contribution in [3.05, 3.63) is 48.1 Å². The lowest BCUT2D eigenvalue weighted by atomic mass is 10.2. The summed E-state index contributed by atoms with van der Waals surface area (Å²) < 4.78 is 14.4. The molecule has 5 nitrogen and oxygen atoms in total. The Kier molecular flexibility index (Phi) is 3.13. The number of imidazole rings is 1. The second-order valence-electron chi connectivity index (χ2n) is 3.51. The summed E-state index contributed by atoms with van der Waals surface area (Å²) in [6, 6.07) is 2.53. The molecule has 0 saturated carbocycles. The van der Waals surface area contributed by atoms with E-state index in [0.717, 1.165) is 11.9 Å². The number of carbonyl (C=O) groups is 1. The van der Waals surface area contributed by atoms with E-state index in [0.29, 0.717) is 12.1 Å². The van der Waals surface area contributed by atoms with Gasteiger partial charge in [0.25, 0.3) is 5.91 Å². The fourth-order valence-corrected chi connectivity index (χ4v) is 1.34. The van der Waals surface area contributed by atoms with Crippen molar-refractivity contribution in [3.63, 3.8) is 0 Å². The second-order valence-corrected chi connectivity index (χ2v) is 3.51. The molecule has 0 bridgehead atoms. The Morgan fingerprint density at radius 2 is 2.29 bits per heavy atom. The van der Waals surface area contributed by atoms with Crippen LogP contribution in [0.15, 0.2) is 30.7 Å². The number of hydrogen-bond acceptors (Lipinski definition) is 3. The average molecular weight is 234 g/mol. The molecule has 2 rings (SSSR count). The fourth-order valence-electron chi connectivity index (χ4n) is 1.34. The number of hydrogen-bond donors (Lipinski definition) is 1. The molecule has 2 aromatic rings. The number of aryl methyl sites for hydroxylation is 1. The molecule has 2 heterocycles. The molecule has 0 spiro atoms. The first-order valence-corrected chi connectivity index (χ1v) is 5.03. The second kappa shape index (κ2) is 4.73. The molecule has 0 aliphatic rings. The lowest BCUT2D eigenvalue weighted by molar-refractivity contribution is 0.0949. The molecule has 17 heavy (non-hydrogen) atoms. The number of halogens is 1. The first-order valence-electron chi connectivity index (χ1n) is 5.03. The van der Waals surface area contributed by atoms with Gasteiger partial charge < -0.3 is 9.88 Å². The number of pyridine rings is 1. The minimum absolute atomic E-state index is 0.305. The Morgan fingerprint density at radius 1 is 1.47 bits per heavy atom. The number of carbonyl (C=O) groups excluding carboxylic acids is 1. The van der Waals surface area contributed by atoms with Crippen LogP contribution in [0, 0.1) is 5.95 Å². The van der Waals surface area contributed by atoms with Gasteiger partial charge in [0.1, 0.15) is 5.82 Å². The number of nitrogens with one attached hydrogen (secondary N) is 1. The van der Waals surface area contributed by atoms with E-state index in [2.05, 4.69) is 15.3 Å². The van der Waals surface area contributed by atoms with E-state index in [1.807, 2.05) is 11.6 Å². The Bertz CT molecular complexity index is 521. The van der Waals surface area contributed by atoms with Crippen LogP contribution in [-0.4, -0.2) is 20.4 Å². The molecule has 88 valence electrons. The third-order valence-electron chi connectivity index (χ3n) is 2.32. The zero-order chi connectivity index (χ0) is 12.3. The molecule has 0 aliphatic heterocycles. The molecular formula is C11H11FN4O. The molecule has 0 fully saturated rings. The van der Waals surface area contributed by atoms with E-state index < -0.39 is 5.95 Å². The maximum absolute atomic E-state index is 12.6. The van der Waals surface area contributed by atoms with Gasteiger partial charge in [-0.15, -0.1) is 0 Å². The molecule has 0 aromatic carbocycles. The van der Waals surface area contributed by atoms with Crippen LogP contribution >= 0.6 is 0 Å². The van der Waals surface area contributed by atoms with Crippen LogP contribution in [0.5, 0.6) is 0 Å². The molecule has 0 unspecified atom stereocenters. The summed E-state index contributed by atoms with van der Waals surface area (Å²) >= 11 is 0. The minimum Gasteiger partial charge on any atom is -0.345 e. The smallest absolute Gasteiger partial charge is 0.253 e. The van der Waals surface area contributed by atoms with Gasteiger partial charge in [-0.2, -0.15) is 4.39 Å². The highest BCUT2D eigenvalue weighted by atomic mass is 19.1. The van der Waals surface area contributed by atoms with Gasteiger partial charge in [0.05, 0.1) is 12.1 Å². The van der Waals surface area contributed by atoms with E-state index in [4.69, 9.17) is 0 Å². The van der Waals surface area contributed by atoms with Crippen LogP contribution in [0.3, 0.4) is 0 Å². The quantitative estimate of drug-likeness (QED) is 0.802. The summed E-state index contributed by atoms with van der Waals surface area (Å²) in [5.74, 6) is -0.167. The van der Waals surface area contributed by atoms with Gasteiger partial charge in [-0.1, -0.05) is 0 Å². The molecule has 1 N–H and O–H groups in total. The topological polar surface area (TPSA) is 59.8 Å². The number of nitrogens with zero attached hydrogens (tertiary/aromatic N) is 3. The van der Waals surface area contributed by atoms with Crippen LogP contribution in [-0.2, 0) is 13.6 Å². The van der Waals surface area contributed by atoms with Crippen molar-refractivity contribution in [3.8, 4) is 0 Å². The normalized spacial score (nSPS) is 10.2. The van der Waals surface area contributed by atoms with Gasteiger partial charge in [-0.05, 0) is 12.1 Å². The monoisotopic (exact) mass is 234 g/mol. The van der Waals surface area contributed by atoms with Gasteiger partial charge in [0, 0.05) is 25.6 Å². The van der Waals surface area contributed by atoms with Gasteiger partial charge in [-0.3, -0.25) is 4.79 Å². The van der Waals surface area contributed by atoms with Crippen molar-refractivity contribution in [1.82, 2.24) is 19.9 Å². The molecule has 6 heteroatoms. The lowest BCUT2D eigenvalue weighted by Gasteiger charge is -2.04. The molecule has 1 amide bonds. The lowest BCUT2D eigenvalue weighted by Crippen LogP contribution is -2.24. The van der Waals surface area contributed by atoms with Gasteiger partial charge in [0.15, 0.2) is 0 Å². The van der Waals surface area contributed by atoms with Crippen molar-refractivity contribution in [2.45, 2.75) is 6.54 Å². The van der Waals surface area contributed by atoms with Crippen LogP contribution in [0.25, 0.3) is 0 Å². The van der Waals surface area contributed by atoms with E-state index >= 15 is 0 Å².